The second-order valence-electron chi connectivity index (χ2n) is 8.78. The van der Waals surface area contributed by atoms with Gasteiger partial charge in [-0.25, -0.2) is 4.98 Å². The van der Waals surface area contributed by atoms with Crippen LogP contribution in [-0.2, 0) is 6.61 Å². The lowest BCUT2D eigenvalue weighted by Crippen LogP contribution is -2.63. The number of hydrogen-bond donors (Lipinski definition) is 5. The monoisotopic (exact) mass is 530 g/mol. The summed E-state index contributed by atoms with van der Waals surface area (Å²) in [6, 6.07) is 9.49. The van der Waals surface area contributed by atoms with Crippen LogP contribution in [0, 0.1) is 10.8 Å². The van der Waals surface area contributed by atoms with Crippen LogP contribution in [0.1, 0.15) is 29.5 Å². The van der Waals surface area contributed by atoms with Crippen molar-refractivity contribution in [1.82, 2.24) is 15.3 Å². The topological polar surface area (TPSA) is 109 Å². The summed E-state index contributed by atoms with van der Waals surface area (Å²) < 4.78 is 5.87. The highest BCUT2D eigenvalue weighted by Crippen LogP contribution is 2.45. The smallest absolute Gasteiger partial charge is 0.126 e. The number of aromatic nitrogens is 2. The first-order valence-electron chi connectivity index (χ1n) is 11.2. The minimum atomic E-state index is 0.178. The molecule has 10 heteroatoms. The Labute approximate surface area is 220 Å². The number of benzene rings is 1. The van der Waals surface area contributed by atoms with Gasteiger partial charge in [0.25, 0.3) is 0 Å². The number of nitrogens with zero attached hydrogens (tertiary/aromatic N) is 2. The summed E-state index contributed by atoms with van der Waals surface area (Å²) in [7, 11) is 0. The molecule has 1 saturated heterocycles. The number of nitrogen functional groups attached to an aromatic ring is 1. The molecule has 0 radical (unpaired) electrons. The van der Waals surface area contributed by atoms with Crippen molar-refractivity contribution < 1.29 is 4.74 Å². The van der Waals surface area contributed by atoms with Crippen molar-refractivity contribution in [1.29, 1.82) is 5.41 Å². The average Bonchev–Trinajstić information content (AvgIpc) is 2.82. The lowest BCUT2D eigenvalue weighted by Gasteiger charge is -2.54. The Morgan fingerprint density at radius 3 is 2.49 bits per heavy atom. The van der Waals surface area contributed by atoms with Crippen molar-refractivity contribution >= 4 is 53.0 Å². The molecule has 35 heavy (non-hydrogen) atoms. The van der Waals surface area contributed by atoms with Gasteiger partial charge in [0.2, 0.25) is 0 Å². The van der Waals surface area contributed by atoms with Crippen LogP contribution in [0.2, 0.25) is 10.0 Å². The average molecular weight is 532 g/mol. The number of nitrogens with two attached hydrogens (primary N) is 1. The van der Waals surface area contributed by atoms with E-state index in [0.717, 1.165) is 18.9 Å². The number of hydrogen-bond acceptors (Lipinski definition) is 8. The van der Waals surface area contributed by atoms with Crippen LogP contribution < -0.4 is 21.1 Å². The summed E-state index contributed by atoms with van der Waals surface area (Å²) in [5.74, 6) is 1.39. The maximum Gasteiger partial charge on any atom is 0.126 e. The van der Waals surface area contributed by atoms with E-state index in [0.29, 0.717) is 49.6 Å². The molecule has 2 fully saturated rings. The Morgan fingerprint density at radius 2 is 1.89 bits per heavy atom. The first-order valence-corrected chi connectivity index (χ1v) is 12.9. The van der Waals surface area contributed by atoms with Crippen LogP contribution in [0.3, 0.4) is 0 Å². The third kappa shape index (κ3) is 5.67. The van der Waals surface area contributed by atoms with Crippen LogP contribution >= 0.6 is 35.8 Å². The molecule has 5 rings (SSSR count). The van der Waals surface area contributed by atoms with E-state index in [1.54, 1.807) is 30.7 Å². The molecule has 0 bridgehead atoms. The predicted octanol–water partition coefficient (Wildman–Crippen LogP) is 5.07. The zero-order valence-corrected chi connectivity index (χ0v) is 21.7. The number of ether oxygens (including phenoxy) is 1. The van der Waals surface area contributed by atoms with Crippen molar-refractivity contribution in [2.24, 2.45) is 5.41 Å². The molecule has 5 N–H and O–H groups in total. The maximum absolute atomic E-state index is 8.66. The summed E-state index contributed by atoms with van der Waals surface area (Å²) in [6.45, 7) is 2.43. The third-order valence-electron chi connectivity index (χ3n) is 6.39. The van der Waals surface area contributed by atoms with E-state index < -0.39 is 0 Å². The van der Waals surface area contributed by atoms with E-state index in [9.17, 15) is 0 Å². The minimum absolute atomic E-state index is 0.178. The van der Waals surface area contributed by atoms with Gasteiger partial charge >= 0.3 is 0 Å². The van der Waals surface area contributed by atoms with Gasteiger partial charge in [0.05, 0.1) is 15.8 Å². The zero-order chi connectivity index (χ0) is 25.0. The molecule has 7 nitrogen and oxygen atoms in total. The van der Waals surface area contributed by atoms with E-state index >= 15 is 0 Å². The van der Waals surface area contributed by atoms with Crippen LogP contribution in [0.4, 0.5) is 11.5 Å². The fourth-order valence-corrected chi connectivity index (χ4v) is 4.89. The van der Waals surface area contributed by atoms with Crippen LogP contribution in [0.15, 0.2) is 48.9 Å². The van der Waals surface area contributed by atoms with Gasteiger partial charge in [-0.1, -0.05) is 23.2 Å². The molecule has 0 unspecified atom stereocenters. The lowest BCUT2D eigenvalue weighted by atomic mass is 9.62. The molecule has 2 aliphatic rings. The van der Waals surface area contributed by atoms with Crippen molar-refractivity contribution in [3.8, 4) is 5.75 Å². The molecular weight excluding hydrogens is 503 g/mol. The second kappa shape index (κ2) is 11.0. The van der Waals surface area contributed by atoms with Gasteiger partial charge in [0.15, 0.2) is 0 Å². The Bertz CT molecular complexity index is 1170. The standard InChI is InChI=1S/C24H24Cl2N6O.CH4S/c25-19-9-29-10-20(26)18(19)11-33-16-2-3-21(27)17(5-16)23(28)14-1-4-22(31-8-14)32-15-6-24(7-15)12-30-13-24;1-2/h1-5,8-10,15,28,30H,6-7,11-13,27H2,(H,31,32);2H,1H3. The summed E-state index contributed by atoms with van der Waals surface area (Å²) in [5.41, 5.74) is 9.34. The van der Waals surface area contributed by atoms with Gasteiger partial charge in [-0.15, -0.1) is 0 Å². The zero-order valence-electron chi connectivity index (χ0n) is 19.3. The van der Waals surface area contributed by atoms with E-state index in [4.69, 9.17) is 39.1 Å². The van der Waals surface area contributed by atoms with E-state index in [2.05, 4.69) is 33.2 Å². The Kier molecular flexibility index (Phi) is 8.06. The second-order valence-corrected chi connectivity index (χ2v) is 9.59. The molecule has 184 valence electrons. The molecule has 2 aromatic heterocycles. The van der Waals surface area contributed by atoms with Gasteiger partial charge in [0.1, 0.15) is 18.2 Å². The number of thiol groups is 1. The van der Waals surface area contributed by atoms with Crippen LogP contribution in [0.25, 0.3) is 0 Å². The fraction of sp³-hybridized carbons (Fsp3) is 0.320. The summed E-state index contributed by atoms with van der Waals surface area (Å²) in [6.07, 6.45) is 8.80. The quantitative estimate of drug-likeness (QED) is 0.166. The number of halogens is 2. The lowest BCUT2D eigenvalue weighted by molar-refractivity contribution is 0.0469. The SMILES string of the molecule is CS.N=C(c1ccc(NC2CC3(CNC3)C2)nc1)c1cc(OCc2c(Cl)cncc2Cl)ccc1N. The summed E-state index contributed by atoms with van der Waals surface area (Å²) in [4.78, 5) is 8.46. The van der Waals surface area contributed by atoms with Crippen molar-refractivity contribution in [2.75, 3.05) is 30.4 Å². The normalized spacial score (nSPS) is 15.9. The van der Waals surface area contributed by atoms with Crippen LogP contribution in [-0.4, -0.2) is 41.1 Å². The first kappa shape index (κ1) is 25.6. The molecule has 0 atom stereocenters. The van der Waals surface area contributed by atoms with Crippen molar-refractivity contribution in [2.45, 2.75) is 25.5 Å². The molecule has 3 heterocycles. The molecule has 0 amide bonds. The van der Waals surface area contributed by atoms with Gasteiger partial charge in [-0.05, 0) is 54.8 Å². The highest BCUT2D eigenvalue weighted by molar-refractivity contribution is 7.79. The molecule has 1 aliphatic carbocycles. The predicted molar refractivity (Wildman–Crippen MR) is 146 cm³/mol. The first-order chi connectivity index (χ1) is 16.9. The third-order valence-corrected chi connectivity index (χ3v) is 7.04. The number of anilines is 2. The van der Waals surface area contributed by atoms with Gasteiger partial charge in [-0.3, -0.25) is 10.4 Å². The van der Waals surface area contributed by atoms with E-state index in [1.165, 1.54) is 25.2 Å². The Morgan fingerprint density at radius 1 is 1.17 bits per heavy atom. The number of pyridine rings is 2. The maximum atomic E-state index is 8.66. The highest BCUT2D eigenvalue weighted by Gasteiger charge is 2.48. The van der Waals surface area contributed by atoms with Gasteiger partial charge < -0.3 is 21.1 Å². The molecule has 1 aliphatic heterocycles. The fourth-order valence-electron chi connectivity index (χ4n) is 4.42. The molecule has 1 aromatic carbocycles. The van der Waals surface area contributed by atoms with Gasteiger partial charge in [-0.2, -0.15) is 12.6 Å². The van der Waals surface area contributed by atoms with E-state index in [-0.39, 0.29) is 12.3 Å². The molecule has 1 saturated carbocycles. The Hall–Kier alpha value is -2.52. The summed E-state index contributed by atoms with van der Waals surface area (Å²) >= 11 is 15.9. The summed E-state index contributed by atoms with van der Waals surface area (Å²) in [5, 5.41) is 16.4. The highest BCUT2D eigenvalue weighted by atomic mass is 35.5. The van der Waals surface area contributed by atoms with E-state index in [1.807, 2.05) is 12.1 Å². The largest absolute Gasteiger partial charge is 0.489 e. The molecule has 3 aromatic rings. The number of rotatable bonds is 7. The van der Waals surface area contributed by atoms with Gasteiger partial charge in [0, 0.05) is 60.1 Å². The van der Waals surface area contributed by atoms with Crippen molar-refractivity contribution in [3.63, 3.8) is 0 Å². The Balaban J connectivity index is 0.00000141. The molecular formula is C25H28Cl2N6OS. The van der Waals surface area contributed by atoms with Crippen molar-refractivity contribution in [3.05, 3.63) is 75.7 Å². The van der Waals surface area contributed by atoms with Crippen LogP contribution in [0.5, 0.6) is 5.75 Å². The minimum Gasteiger partial charge on any atom is -0.489 e. The number of nitrogens with one attached hydrogen (secondary N) is 3. The molecule has 1 spiro atoms.